The Morgan fingerprint density at radius 3 is 2.15 bits per heavy atom. The van der Waals surface area contributed by atoms with E-state index in [-0.39, 0.29) is 37.5 Å². The smallest absolute Gasteiger partial charge is 0.244 e. The summed E-state index contributed by atoms with van der Waals surface area (Å²) in [6.45, 7) is 6.75. The van der Waals surface area contributed by atoms with Crippen molar-refractivity contribution in [2.75, 3.05) is 18.4 Å². The van der Waals surface area contributed by atoms with Crippen LogP contribution in [-0.2, 0) is 14.4 Å². The third-order valence-corrected chi connectivity index (χ3v) is 3.82. The summed E-state index contributed by atoms with van der Waals surface area (Å²) in [6, 6.07) is 4.39. The fourth-order valence-electron chi connectivity index (χ4n) is 2.13. The average molecular weight is 403 g/mol. The van der Waals surface area contributed by atoms with Gasteiger partial charge >= 0.3 is 0 Å². The van der Waals surface area contributed by atoms with E-state index in [1.165, 1.54) is 29.2 Å². The maximum atomic E-state index is 12.9. The number of hydrogen-bond donors (Lipinski definition) is 3. The van der Waals surface area contributed by atoms with Crippen LogP contribution in [0, 0.1) is 11.7 Å². The molecule has 9 heteroatoms. The Morgan fingerprint density at radius 1 is 1.11 bits per heavy atom. The Kier molecular flexibility index (Phi) is 10.6. The number of carbonyl (C=O) groups is 3. The number of hydrogen-bond acceptors (Lipinski definition) is 4. The molecule has 0 unspecified atom stereocenters. The fourth-order valence-corrected chi connectivity index (χ4v) is 2.13. The number of anilines is 1. The monoisotopic (exact) mass is 402 g/mol. The Bertz CT molecular complexity index is 638. The molecule has 3 amide bonds. The van der Waals surface area contributed by atoms with Gasteiger partial charge in [0.1, 0.15) is 12.4 Å². The Morgan fingerprint density at radius 2 is 1.67 bits per heavy atom. The first-order valence-corrected chi connectivity index (χ1v) is 8.50. The van der Waals surface area contributed by atoms with Crippen LogP contribution in [0.5, 0.6) is 0 Å². The third kappa shape index (κ3) is 8.36. The summed E-state index contributed by atoms with van der Waals surface area (Å²) >= 11 is 0. The molecule has 0 aliphatic rings. The third-order valence-electron chi connectivity index (χ3n) is 3.82. The van der Waals surface area contributed by atoms with Crippen molar-refractivity contribution < 1.29 is 18.8 Å². The maximum Gasteiger partial charge on any atom is 0.244 e. The van der Waals surface area contributed by atoms with E-state index in [0.29, 0.717) is 5.69 Å². The van der Waals surface area contributed by atoms with Crippen LogP contribution in [0.15, 0.2) is 24.3 Å². The number of carbonyl (C=O) groups excluding carboxylic acids is 3. The summed E-state index contributed by atoms with van der Waals surface area (Å²) in [7, 11) is 0. The fraction of sp³-hybridized carbons (Fsp3) is 0.500. The van der Waals surface area contributed by atoms with Crippen LogP contribution in [0.25, 0.3) is 0 Å². The lowest BCUT2D eigenvalue weighted by atomic mass is 10.1. The number of nitrogens with zero attached hydrogens (tertiary/aromatic N) is 1. The molecular formula is C18H28ClFN4O3. The van der Waals surface area contributed by atoms with Crippen molar-refractivity contribution in [3.8, 4) is 0 Å². The number of halogens is 2. The minimum absolute atomic E-state index is 0. The molecule has 0 radical (unpaired) electrons. The quantitative estimate of drug-likeness (QED) is 0.613. The van der Waals surface area contributed by atoms with Gasteiger partial charge in [-0.3, -0.25) is 14.4 Å². The van der Waals surface area contributed by atoms with Gasteiger partial charge in [0.25, 0.3) is 0 Å². The molecule has 0 bridgehead atoms. The molecule has 1 aromatic rings. The van der Waals surface area contributed by atoms with Gasteiger partial charge in [-0.2, -0.15) is 0 Å². The van der Waals surface area contributed by atoms with E-state index in [2.05, 4.69) is 10.6 Å². The zero-order chi connectivity index (χ0) is 19.9. The molecule has 4 N–H and O–H groups in total. The number of nitrogens with two attached hydrogens (primary N) is 1. The topological polar surface area (TPSA) is 105 Å². The number of nitrogens with one attached hydrogen (secondary N) is 2. The second-order valence-corrected chi connectivity index (χ2v) is 6.66. The van der Waals surface area contributed by atoms with E-state index in [9.17, 15) is 18.8 Å². The standard InChI is InChI=1S/C18H27FN4O3.ClH/c1-11(2)17(20)18(26)21-9-16(25)23(12(3)4)10-15(24)22-14-7-5-13(19)6-8-14;/h5-8,11-12,17H,9-10,20H2,1-4H3,(H,21,26)(H,22,24);1H/t17-;/m0./s1. The summed E-state index contributed by atoms with van der Waals surface area (Å²) in [6.07, 6.45) is 0. The summed E-state index contributed by atoms with van der Waals surface area (Å²) in [4.78, 5) is 37.7. The molecule has 0 fully saturated rings. The van der Waals surface area contributed by atoms with E-state index in [4.69, 9.17) is 5.73 Å². The SMILES string of the molecule is CC(C)[C@H](N)C(=O)NCC(=O)N(CC(=O)Nc1ccc(F)cc1)C(C)C.Cl. The van der Waals surface area contributed by atoms with Gasteiger partial charge < -0.3 is 21.3 Å². The predicted octanol–water partition coefficient (Wildman–Crippen LogP) is 1.52. The lowest BCUT2D eigenvalue weighted by Gasteiger charge is -2.26. The molecule has 1 aromatic carbocycles. The normalized spacial score (nSPS) is 11.6. The molecule has 0 aliphatic carbocycles. The van der Waals surface area contributed by atoms with E-state index in [1.807, 2.05) is 13.8 Å². The van der Waals surface area contributed by atoms with Gasteiger partial charge in [0.05, 0.1) is 12.6 Å². The van der Waals surface area contributed by atoms with Crippen molar-refractivity contribution in [3.63, 3.8) is 0 Å². The highest BCUT2D eigenvalue weighted by atomic mass is 35.5. The minimum Gasteiger partial charge on any atom is -0.346 e. The highest BCUT2D eigenvalue weighted by Crippen LogP contribution is 2.09. The van der Waals surface area contributed by atoms with Crippen LogP contribution >= 0.6 is 12.4 Å². The molecule has 0 aromatic heterocycles. The first kappa shape index (κ1) is 24.8. The van der Waals surface area contributed by atoms with Crippen LogP contribution < -0.4 is 16.4 Å². The first-order chi connectivity index (χ1) is 12.1. The second-order valence-electron chi connectivity index (χ2n) is 6.66. The van der Waals surface area contributed by atoms with E-state index < -0.39 is 29.6 Å². The van der Waals surface area contributed by atoms with Crippen LogP contribution in [-0.4, -0.2) is 47.8 Å². The van der Waals surface area contributed by atoms with Crippen LogP contribution in [0.2, 0.25) is 0 Å². The second kappa shape index (κ2) is 11.5. The lowest BCUT2D eigenvalue weighted by molar-refractivity contribution is -0.137. The van der Waals surface area contributed by atoms with Gasteiger partial charge in [0.2, 0.25) is 17.7 Å². The predicted molar refractivity (Wildman–Crippen MR) is 105 cm³/mol. The molecule has 0 saturated heterocycles. The highest BCUT2D eigenvalue weighted by Gasteiger charge is 2.23. The molecule has 0 heterocycles. The molecule has 1 rings (SSSR count). The Balaban J connectivity index is 0.00000676. The van der Waals surface area contributed by atoms with Crippen molar-refractivity contribution in [2.45, 2.75) is 39.8 Å². The van der Waals surface area contributed by atoms with Crippen molar-refractivity contribution >= 4 is 35.8 Å². The lowest BCUT2D eigenvalue weighted by Crippen LogP contribution is -2.50. The molecule has 0 saturated carbocycles. The number of amides is 3. The largest absolute Gasteiger partial charge is 0.346 e. The van der Waals surface area contributed by atoms with Crippen LogP contribution in [0.4, 0.5) is 10.1 Å². The van der Waals surface area contributed by atoms with E-state index in [1.54, 1.807) is 13.8 Å². The molecule has 1 atom stereocenters. The Labute approximate surface area is 165 Å². The average Bonchev–Trinajstić information content (AvgIpc) is 2.58. The van der Waals surface area contributed by atoms with Gasteiger partial charge in [0, 0.05) is 11.7 Å². The minimum atomic E-state index is -0.697. The summed E-state index contributed by atoms with van der Waals surface area (Å²) in [5, 5.41) is 5.10. The van der Waals surface area contributed by atoms with Crippen molar-refractivity contribution in [1.29, 1.82) is 0 Å². The summed E-state index contributed by atoms with van der Waals surface area (Å²) in [5.74, 6) is -1.67. The molecule has 0 spiro atoms. The van der Waals surface area contributed by atoms with Crippen LogP contribution in [0.3, 0.4) is 0 Å². The molecule has 152 valence electrons. The van der Waals surface area contributed by atoms with Gasteiger partial charge in [-0.1, -0.05) is 13.8 Å². The first-order valence-electron chi connectivity index (χ1n) is 8.50. The van der Waals surface area contributed by atoms with E-state index in [0.717, 1.165) is 0 Å². The maximum absolute atomic E-state index is 12.9. The molecular weight excluding hydrogens is 375 g/mol. The zero-order valence-corrected chi connectivity index (χ0v) is 16.8. The van der Waals surface area contributed by atoms with Gasteiger partial charge in [-0.05, 0) is 44.0 Å². The van der Waals surface area contributed by atoms with Crippen LogP contribution in [0.1, 0.15) is 27.7 Å². The Hall–Kier alpha value is -2.19. The van der Waals surface area contributed by atoms with E-state index >= 15 is 0 Å². The zero-order valence-electron chi connectivity index (χ0n) is 16.0. The molecule has 27 heavy (non-hydrogen) atoms. The molecule has 7 nitrogen and oxygen atoms in total. The van der Waals surface area contributed by atoms with Crippen molar-refractivity contribution in [1.82, 2.24) is 10.2 Å². The van der Waals surface area contributed by atoms with Gasteiger partial charge in [0.15, 0.2) is 0 Å². The van der Waals surface area contributed by atoms with Gasteiger partial charge in [-0.25, -0.2) is 4.39 Å². The highest BCUT2D eigenvalue weighted by molar-refractivity contribution is 5.95. The van der Waals surface area contributed by atoms with Crippen molar-refractivity contribution in [2.24, 2.45) is 11.7 Å². The van der Waals surface area contributed by atoms with Gasteiger partial charge in [-0.15, -0.1) is 12.4 Å². The number of rotatable bonds is 8. The number of benzene rings is 1. The van der Waals surface area contributed by atoms with Crippen molar-refractivity contribution in [3.05, 3.63) is 30.1 Å². The molecule has 0 aliphatic heterocycles. The summed E-state index contributed by atoms with van der Waals surface area (Å²) < 4.78 is 12.9. The summed E-state index contributed by atoms with van der Waals surface area (Å²) in [5.41, 5.74) is 6.17.